The lowest BCUT2D eigenvalue weighted by atomic mass is 9.91. The van der Waals surface area contributed by atoms with E-state index in [1.165, 1.54) is 154 Å². The Balaban J connectivity index is 5.88. The zero-order valence-electron chi connectivity index (χ0n) is 41.5. The molecule has 4 atom stereocenters. The van der Waals surface area contributed by atoms with E-state index in [4.69, 9.17) is 67.8 Å². The van der Waals surface area contributed by atoms with E-state index < -0.39 is 5.41 Å². The van der Waals surface area contributed by atoms with E-state index in [-0.39, 0.29) is 0 Å². The van der Waals surface area contributed by atoms with Crippen LogP contribution in [0.25, 0.3) is 0 Å². The Kier molecular flexibility index (Phi) is 41.9. The highest BCUT2D eigenvalue weighted by molar-refractivity contribution is 7.80. The summed E-state index contributed by atoms with van der Waals surface area (Å²) in [5.74, 6) is 1.89. The van der Waals surface area contributed by atoms with Gasteiger partial charge in [0.15, 0.2) is 20.2 Å². The van der Waals surface area contributed by atoms with Crippen LogP contribution in [0, 0.1) is 29.1 Å². The second-order valence-electron chi connectivity index (χ2n) is 19.6. The van der Waals surface area contributed by atoms with Crippen LogP contribution in [0.4, 0.5) is 0 Å². The van der Waals surface area contributed by atoms with Crippen molar-refractivity contribution in [2.75, 3.05) is 26.4 Å². The normalized spacial score (nSPS) is 14.4. The Hall–Kier alpha value is -0.440. The first kappa shape index (κ1) is 60.6. The summed E-state index contributed by atoms with van der Waals surface area (Å²) in [6.07, 6.45) is 38.9. The zero-order valence-corrected chi connectivity index (χ0v) is 44.8. The van der Waals surface area contributed by atoms with Gasteiger partial charge in [0.25, 0.3) is 0 Å². The Bertz CT molecular complexity index is 901. The van der Waals surface area contributed by atoms with Gasteiger partial charge < -0.3 is 18.9 Å². The molecular formula is C53H100O4S4. The van der Waals surface area contributed by atoms with Gasteiger partial charge >= 0.3 is 0 Å². The molecule has 0 aliphatic rings. The molecule has 0 saturated heterocycles. The molecule has 4 unspecified atom stereocenters. The first-order valence-corrected chi connectivity index (χ1v) is 27.7. The smallest absolute Gasteiger partial charge is 0.159 e. The van der Waals surface area contributed by atoms with E-state index in [2.05, 4.69) is 55.4 Å². The van der Waals surface area contributed by atoms with Crippen molar-refractivity contribution in [3.63, 3.8) is 0 Å². The van der Waals surface area contributed by atoms with E-state index >= 15 is 0 Å². The number of unbranched alkanes of at least 4 members (excludes halogenated alkanes) is 20. The number of ether oxygens (including phenoxy) is 4. The summed E-state index contributed by atoms with van der Waals surface area (Å²) in [6.45, 7) is 19.5. The minimum Gasteiger partial charge on any atom is -0.486 e. The number of hydrogen-bond donors (Lipinski definition) is 0. The second kappa shape index (κ2) is 42.2. The van der Waals surface area contributed by atoms with Crippen LogP contribution in [-0.4, -0.2) is 46.6 Å². The van der Waals surface area contributed by atoms with Crippen LogP contribution in [0.5, 0.6) is 0 Å². The van der Waals surface area contributed by atoms with Gasteiger partial charge in [-0.2, -0.15) is 0 Å². The van der Waals surface area contributed by atoms with Gasteiger partial charge in [-0.15, -0.1) is 0 Å². The minimum absolute atomic E-state index is 0.303. The molecule has 0 aromatic rings. The van der Waals surface area contributed by atoms with Crippen molar-refractivity contribution in [1.29, 1.82) is 0 Å². The Labute approximate surface area is 402 Å². The highest BCUT2D eigenvalue weighted by atomic mass is 32.1. The molecule has 0 aliphatic heterocycles. The molecule has 8 heteroatoms. The zero-order chi connectivity index (χ0) is 45.4. The fourth-order valence-electron chi connectivity index (χ4n) is 8.06. The van der Waals surface area contributed by atoms with Crippen molar-refractivity contribution in [3.05, 3.63) is 0 Å². The molecule has 0 heterocycles. The predicted octanol–water partition coefficient (Wildman–Crippen LogP) is 18.5. The largest absolute Gasteiger partial charge is 0.486 e. The quantitative estimate of drug-likeness (QED) is 0.0442. The number of rotatable bonds is 44. The first-order chi connectivity index (χ1) is 29.4. The number of hydrogen-bond acceptors (Lipinski definition) is 8. The van der Waals surface area contributed by atoms with Gasteiger partial charge in [0.2, 0.25) is 0 Å². The molecule has 4 nitrogen and oxygen atoms in total. The van der Waals surface area contributed by atoms with Crippen molar-refractivity contribution in [2.45, 2.75) is 261 Å². The molecule has 0 spiro atoms. The molecule has 0 bridgehead atoms. The summed E-state index contributed by atoms with van der Waals surface area (Å²) in [4.78, 5) is 0. The van der Waals surface area contributed by atoms with E-state index in [9.17, 15) is 0 Å². The fraction of sp³-hybridized carbons (Fsp3) is 0.925. The van der Waals surface area contributed by atoms with Crippen LogP contribution in [0.15, 0.2) is 0 Å². The molecular weight excluding hydrogens is 829 g/mol. The van der Waals surface area contributed by atoms with Crippen LogP contribution in [0.1, 0.15) is 261 Å². The Morgan fingerprint density at radius 2 is 0.492 bits per heavy atom. The molecule has 0 saturated carbocycles. The van der Waals surface area contributed by atoms with E-state index in [1.807, 2.05) is 0 Å². The molecule has 61 heavy (non-hydrogen) atoms. The summed E-state index contributed by atoms with van der Waals surface area (Å²) in [6, 6.07) is 0. The fourth-order valence-corrected chi connectivity index (χ4v) is 9.43. The summed E-state index contributed by atoms with van der Waals surface area (Å²) < 4.78 is 26.1. The molecule has 0 aromatic carbocycles. The maximum Gasteiger partial charge on any atom is 0.159 e. The topological polar surface area (TPSA) is 36.9 Å². The third-order valence-electron chi connectivity index (χ3n) is 12.4. The standard InChI is InChI=1S/C53H100O4S4/c1-9-13-17-21-25-29-33-45(5)37-49(58)54-41-53(42-55-50(59)38-46(6)34-30-26-22-18-14-10-2,43-56-51(60)39-47(7)35-31-27-23-19-15-11-3)44-57-52(61)40-48(8)36-32-28-24-20-16-12-4/h45-48H,9-44H2,1-8H3. The van der Waals surface area contributed by atoms with Gasteiger partial charge in [-0.25, -0.2) is 0 Å². The van der Waals surface area contributed by atoms with Gasteiger partial charge in [-0.05, 0) is 72.5 Å². The van der Waals surface area contributed by atoms with Gasteiger partial charge in [-0.3, -0.25) is 0 Å². The second-order valence-corrected chi connectivity index (χ2v) is 21.4. The van der Waals surface area contributed by atoms with Gasteiger partial charge in [-0.1, -0.05) is 235 Å². The SMILES string of the molecule is CCCCCCCCC(C)CC(=S)OCC(COC(=S)CC(C)CCCCCCCC)(COC(=S)CC(C)CCCCCCCC)COC(=S)CC(C)CCCCCCCC. The average molecular weight is 930 g/mol. The van der Waals surface area contributed by atoms with Crippen LogP contribution >= 0.6 is 48.9 Å². The van der Waals surface area contributed by atoms with E-state index in [0.717, 1.165) is 51.4 Å². The van der Waals surface area contributed by atoms with Crippen molar-refractivity contribution >= 4 is 69.1 Å². The molecule has 360 valence electrons. The van der Waals surface area contributed by atoms with Crippen LogP contribution < -0.4 is 0 Å². The summed E-state index contributed by atoms with van der Waals surface area (Å²) in [5.41, 5.74) is -0.696. The van der Waals surface area contributed by atoms with E-state index in [0.29, 0.717) is 70.3 Å². The average Bonchev–Trinajstić information content (AvgIpc) is 3.22. The monoisotopic (exact) mass is 929 g/mol. The third kappa shape index (κ3) is 38.5. The molecule has 0 aliphatic carbocycles. The third-order valence-corrected chi connectivity index (χ3v) is 13.6. The van der Waals surface area contributed by atoms with Crippen molar-refractivity contribution < 1.29 is 18.9 Å². The van der Waals surface area contributed by atoms with Gasteiger partial charge in [0, 0.05) is 25.7 Å². The predicted molar refractivity (Wildman–Crippen MR) is 284 cm³/mol. The van der Waals surface area contributed by atoms with Crippen LogP contribution in [0.2, 0.25) is 0 Å². The van der Waals surface area contributed by atoms with E-state index in [1.54, 1.807) is 0 Å². The Morgan fingerprint density at radius 3 is 0.689 bits per heavy atom. The lowest BCUT2D eigenvalue weighted by molar-refractivity contribution is -0.0171. The highest BCUT2D eigenvalue weighted by Crippen LogP contribution is 2.27. The molecule has 0 radical (unpaired) electrons. The summed E-state index contributed by atoms with van der Waals surface area (Å²) in [7, 11) is 0. The molecule has 0 amide bonds. The number of thiocarbonyl (C=S) groups is 4. The molecule has 0 rings (SSSR count). The Morgan fingerprint density at radius 1 is 0.311 bits per heavy atom. The highest BCUT2D eigenvalue weighted by Gasteiger charge is 2.37. The minimum atomic E-state index is -0.696. The van der Waals surface area contributed by atoms with Crippen molar-refractivity contribution in [1.82, 2.24) is 0 Å². The van der Waals surface area contributed by atoms with Gasteiger partial charge in [0.05, 0.1) is 0 Å². The summed E-state index contributed by atoms with van der Waals surface area (Å²) in [5, 5.41) is 2.57. The van der Waals surface area contributed by atoms with Crippen molar-refractivity contribution in [2.24, 2.45) is 29.1 Å². The van der Waals surface area contributed by atoms with Crippen LogP contribution in [-0.2, 0) is 18.9 Å². The molecule has 0 fully saturated rings. The summed E-state index contributed by atoms with van der Waals surface area (Å²) >= 11 is 23.6. The van der Waals surface area contributed by atoms with Crippen LogP contribution in [0.3, 0.4) is 0 Å². The maximum absolute atomic E-state index is 6.52. The molecule has 0 aromatic heterocycles. The first-order valence-electron chi connectivity index (χ1n) is 26.0. The lowest BCUT2D eigenvalue weighted by Gasteiger charge is -2.34. The lowest BCUT2D eigenvalue weighted by Crippen LogP contribution is -2.43. The maximum atomic E-state index is 6.52. The van der Waals surface area contributed by atoms with Crippen molar-refractivity contribution in [3.8, 4) is 0 Å². The van der Waals surface area contributed by atoms with Gasteiger partial charge in [0.1, 0.15) is 31.8 Å². The molecule has 0 N–H and O–H groups in total.